The highest BCUT2D eigenvalue weighted by atomic mass is 35.5. The van der Waals surface area contributed by atoms with E-state index < -0.39 is 5.54 Å². The predicted octanol–water partition coefficient (Wildman–Crippen LogP) is 1.78. The van der Waals surface area contributed by atoms with Gasteiger partial charge in [-0.1, -0.05) is 12.1 Å². The largest absolute Gasteiger partial charge is 0.341 e. The summed E-state index contributed by atoms with van der Waals surface area (Å²) in [5.74, 6) is -0.0601. The van der Waals surface area contributed by atoms with Crippen molar-refractivity contribution in [3.8, 4) is 6.07 Å². The van der Waals surface area contributed by atoms with E-state index in [-0.39, 0.29) is 18.3 Å². The van der Waals surface area contributed by atoms with Gasteiger partial charge in [0.15, 0.2) is 0 Å². The Labute approximate surface area is 119 Å². The molecule has 19 heavy (non-hydrogen) atoms. The minimum Gasteiger partial charge on any atom is -0.341 e. The van der Waals surface area contributed by atoms with Gasteiger partial charge in [-0.3, -0.25) is 4.79 Å². The number of benzene rings is 1. The summed E-state index contributed by atoms with van der Waals surface area (Å²) in [7, 11) is 0. The predicted molar refractivity (Wildman–Crippen MR) is 75.8 cm³/mol. The molecule has 0 bridgehead atoms. The number of carbonyl (C=O) groups excluding carboxylic acids is 1. The zero-order chi connectivity index (χ0) is 13.2. The van der Waals surface area contributed by atoms with E-state index in [2.05, 4.69) is 6.07 Å². The van der Waals surface area contributed by atoms with E-state index in [1.807, 2.05) is 0 Å². The van der Waals surface area contributed by atoms with Gasteiger partial charge >= 0.3 is 0 Å². The Morgan fingerprint density at radius 2 is 2.05 bits per heavy atom. The van der Waals surface area contributed by atoms with Crippen LogP contribution in [0.5, 0.6) is 0 Å². The summed E-state index contributed by atoms with van der Waals surface area (Å²) in [6.45, 7) is 3.28. The first-order valence-electron chi connectivity index (χ1n) is 6.14. The lowest BCUT2D eigenvalue weighted by atomic mass is 9.90. The molecule has 0 radical (unpaired) electrons. The van der Waals surface area contributed by atoms with Gasteiger partial charge in [0.2, 0.25) is 5.91 Å². The second-order valence-corrected chi connectivity index (χ2v) is 4.89. The molecule has 1 aliphatic rings. The number of carbonyl (C=O) groups is 1. The average Bonchev–Trinajstić information content (AvgIpc) is 2.91. The van der Waals surface area contributed by atoms with E-state index in [0.717, 1.165) is 25.9 Å². The molecular formula is C14H18ClN3O. The Morgan fingerprint density at radius 1 is 1.42 bits per heavy atom. The molecule has 1 unspecified atom stereocenters. The fraction of sp³-hybridized carbons (Fsp3) is 0.429. The molecule has 102 valence electrons. The van der Waals surface area contributed by atoms with Crippen LogP contribution in [0, 0.1) is 11.3 Å². The maximum atomic E-state index is 12.4. The van der Waals surface area contributed by atoms with E-state index in [9.17, 15) is 4.79 Å². The van der Waals surface area contributed by atoms with Crippen LogP contribution in [-0.4, -0.2) is 23.9 Å². The number of halogens is 1. The van der Waals surface area contributed by atoms with Gasteiger partial charge in [-0.05, 0) is 37.5 Å². The van der Waals surface area contributed by atoms with Gasteiger partial charge in [0.25, 0.3) is 0 Å². The maximum absolute atomic E-state index is 12.4. The zero-order valence-electron chi connectivity index (χ0n) is 10.9. The summed E-state index contributed by atoms with van der Waals surface area (Å²) in [6.07, 6.45) is 2.08. The number of rotatable bonds is 2. The molecule has 1 amide bonds. The van der Waals surface area contributed by atoms with Crippen molar-refractivity contribution in [2.75, 3.05) is 13.1 Å². The van der Waals surface area contributed by atoms with Crippen LogP contribution in [0.4, 0.5) is 0 Å². The number of likely N-dealkylation sites (tertiary alicyclic amines) is 1. The smallest absolute Gasteiger partial charge is 0.246 e. The maximum Gasteiger partial charge on any atom is 0.246 e. The molecular weight excluding hydrogens is 262 g/mol. The number of hydrogen-bond donors (Lipinski definition) is 1. The lowest BCUT2D eigenvalue weighted by molar-refractivity contribution is -0.135. The first-order chi connectivity index (χ1) is 8.55. The van der Waals surface area contributed by atoms with Gasteiger partial charge < -0.3 is 10.6 Å². The number of nitrogens with zero attached hydrogens (tertiary/aromatic N) is 2. The van der Waals surface area contributed by atoms with Crippen LogP contribution in [0.1, 0.15) is 30.9 Å². The van der Waals surface area contributed by atoms with Crippen molar-refractivity contribution in [2.45, 2.75) is 25.3 Å². The third-order valence-electron chi connectivity index (χ3n) is 3.43. The number of nitriles is 1. The fourth-order valence-electron chi connectivity index (χ4n) is 2.28. The van der Waals surface area contributed by atoms with E-state index in [0.29, 0.717) is 11.1 Å². The van der Waals surface area contributed by atoms with Gasteiger partial charge in [0.1, 0.15) is 5.54 Å². The van der Waals surface area contributed by atoms with Crippen molar-refractivity contribution in [2.24, 2.45) is 5.73 Å². The van der Waals surface area contributed by atoms with Crippen LogP contribution in [0.15, 0.2) is 24.3 Å². The lowest BCUT2D eigenvalue weighted by Crippen LogP contribution is -2.50. The first-order valence-corrected chi connectivity index (χ1v) is 6.14. The molecule has 1 saturated heterocycles. The summed E-state index contributed by atoms with van der Waals surface area (Å²) in [6, 6.07) is 9.02. The summed E-state index contributed by atoms with van der Waals surface area (Å²) in [4.78, 5) is 14.2. The van der Waals surface area contributed by atoms with Crippen LogP contribution in [-0.2, 0) is 10.3 Å². The number of nitrogens with two attached hydrogens (primary N) is 1. The molecule has 2 rings (SSSR count). The Balaban J connectivity index is 0.00000180. The molecule has 0 saturated carbocycles. The normalized spacial score (nSPS) is 17.2. The van der Waals surface area contributed by atoms with Gasteiger partial charge in [0, 0.05) is 13.1 Å². The lowest BCUT2D eigenvalue weighted by Gasteiger charge is -2.29. The minimum absolute atomic E-state index is 0. The molecule has 1 aliphatic heterocycles. The Kier molecular flexibility index (Phi) is 4.93. The van der Waals surface area contributed by atoms with Crippen molar-refractivity contribution in [1.29, 1.82) is 5.26 Å². The highest BCUT2D eigenvalue weighted by Gasteiger charge is 2.35. The zero-order valence-corrected chi connectivity index (χ0v) is 11.7. The summed E-state index contributed by atoms with van der Waals surface area (Å²) in [5, 5.41) is 8.89. The van der Waals surface area contributed by atoms with Crippen LogP contribution >= 0.6 is 12.4 Å². The van der Waals surface area contributed by atoms with E-state index in [4.69, 9.17) is 11.0 Å². The fourth-order valence-corrected chi connectivity index (χ4v) is 2.28. The Hall–Kier alpha value is -1.57. The standard InChI is InChI=1S/C14H17N3O.ClH/c1-14(16,13(18)17-7-2-3-8-17)12-6-4-5-11(9-12)10-15;/h4-6,9H,2-3,7-8,16H2,1H3;1H. The van der Waals surface area contributed by atoms with Gasteiger partial charge in [-0.15, -0.1) is 12.4 Å². The minimum atomic E-state index is -1.06. The molecule has 0 aliphatic carbocycles. The third kappa shape index (κ3) is 3.06. The quantitative estimate of drug-likeness (QED) is 0.897. The van der Waals surface area contributed by atoms with Gasteiger partial charge in [-0.25, -0.2) is 0 Å². The van der Waals surface area contributed by atoms with Crippen LogP contribution in [0.25, 0.3) is 0 Å². The summed E-state index contributed by atoms with van der Waals surface area (Å²) >= 11 is 0. The second kappa shape index (κ2) is 6.05. The van der Waals surface area contributed by atoms with E-state index in [1.54, 1.807) is 36.1 Å². The molecule has 1 heterocycles. The van der Waals surface area contributed by atoms with Crippen molar-refractivity contribution in [1.82, 2.24) is 4.90 Å². The van der Waals surface area contributed by atoms with E-state index in [1.165, 1.54) is 0 Å². The monoisotopic (exact) mass is 279 g/mol. The van der Waals surface area contributed by atoms with Crippen LogP contribution in [0.3, 0.4) is 0 Å². The highest BCUT2D eigenvalue weighted by Crippen LogP contribution is 2.23. The van der Waals surface area contributed by atoms with E-state index >= 15 is 0 Å². The molecule has 5 heteroatoms. The average molecular weight is 280 g/mol. The van der Waals surface area contributed by atoms with Gasteiger partial charge in [0.05, 0.1) is 11.6 Å². The van der Waals surface area contributed by atoms with Crippen LogP contribution < -0.4 is 5.73 Å². The summed E-state index contributed by atoms with van der Waals surface area (Å²) in [5.41, 5.74) is 6.35. The Morgan fingerprint density at radius 3 is 2.63 bits per heavy atom. The highest BCUT2D eigenvalue weighted by molar-refractivity contribution is 5.87. The topological polar surface area (TPSA) is 70.1 Å². The molecule has 1 aromatic carbocycles. The Bertz CT molecular complexity index is 502. The summed E-state index contributed by atoms with van der Waals surface area (Å²) < 4.78 is 0. The molecule has 1 atom stereocenters. The van der Waals surface area contributed by atoms with Crippen molar-refractivity contribution >= 4 is 18.3 Å². The molecule has 1 aromatic rings. The molecule has 4 nitrogen and oxygen atoms in total. The van der Waals surface area contributed by atoms with Crippen molar-refractivity contribution in [3.05, 3.63) is 35.4 Å². The molecule has 2 N–H and O–H groups in total. The number of hydrogen-bond acceptors (Lipinski definition) is 3. The second-order valence-electron chi connectivity index (χ2n) is 4.89. The molecule has 1 fully saturated rings. The van der Waals surface area contributed by atoms with Crippen LogP contribution in [0.2, 0.25) is 0 Å². The first kappa shape index (κ1) is 15.5. The molecule has 0 aromatic heterocycles. The van der Waals surface area contributed by atoms with Crippen molar-refractivity contribution in [3.63, 3.8) is 0 Å². The molecule has 0 spiro atoms. The number of amides is 1. The van der Waals surface area contributed by atoms with Crippen molar-refractivity contribution < 1.29 is 4.79 Å². The SMILES string of the molecule is CC(N)(C(=O)N1CCCC1)c1cccc(C#N)c1.Cl. The third-order valence-corrected chi connectivity index (χ3v) is 3.43. The van der Waals surface area contributed by atoms with Gasteiger partial charge in [-0.2, -0.15) is 5.26 Å².